The van der Waals surface area contributed by atoms with E-state index < -0.39 is 0 Å². The number of hydrogen-bond donors (Lipinski definition) is 1. The molecule has 1 atom stereocenters. The molecular weight excluding hydrogens is 244 g/mol. The fourth-order valence-electron chi connectivity index (χ4n) is 1.02. The number of pyridine rings is 1. The molecule has 0 radical (unpaired) electrons. The minimum atomic E-state index is -0.0758. The first-order valence-corrected chi connectivity index (χ1v) is 5.54. The Labute approximate surface area is 92.1 Å². The molecule has 0 saturated heterocycles. The van der Waals surface area contributed by atoms with Crippen molar-refractivity contribution in [2.45, 2.75) is 19.9 Å². The average Bonchev–Trinajstić information content (AvgIpc) is 2.17. The highest BCUT2D eigenvalue weighted by Gasteiger charge is 2.08. The van der Waals surface area contributed by atoms with Crippen LogP contribution < -0.4 is 5.32 Å². The molecule has 0 aliphatic heterocycles. The van der Waals surface area contributed by atoms with E-state index in [-0.39, 0.29) is 11.9 Å². The molecule has 0 saturated carbocycles. The number of hydrogen-bond acceptors (Lipinski definition) is 2. The third-order valence-electron chi connectivity index (χ3n) is 1.75. The van der Waals surface area contributed by atoms with E-state index in [4.69, 9.17) is 0 Å². The van der Waals surface area contributed by atoms with Crippen LogP contribution in [0.25, 0.3) is 0 Å². The maximum atomic E-state index is 11.6. The number of alkyl halides is 1. The summed E-state index contributed by atoms with van der Waals surface area (Å²) in [6.45, 7) is 3.85. The molecule has 4 heteroatoms. The number of nitrogens with one attached hydrogen (secondary N) is 1. The molecule has 0 bridgehead atoms. The van der Waals surface area contributed by atoms with Gasteiger partial charge in [0.05, 0.1) is 5.56 Å². The van der Waals surface area contributed by atoms with Gasteiger partial charge in [0, 0.05) is 23.8 Å². The van der Waals surface area contributed by atoms with E-state index in [0.717, 1.165) is 10.9 Å². The molecule has 1 amide bonds. The largest absolute Gasteiger partial charge is 0.349 e. The van der Waals surface area contributed by atoms with Gasteiger partial charge in [0.1, 0.15) is 0 Å². The fraction of sp³-hybridized carbons (Fsp3) is 0.400. The molecule has 1 aromatic rings. The van der Waals surface area contributed by atoms with Gasteiger partial charge in [-0.15, -0.1) is 0 Å². The van der Waals surface area contributed by atoms with Gasteiger partial charge in [0.2, 0.25) is 0 Å². The third kappa shape index (κ3) is 3.10. The predicted molar refractivity (Wildman–Crippen MR) is 59.7 cm³/mol. The Morgan fingerprint density at radius 1 is 1.64 bits per heavy atom. The van der Waals surface area contributed by atoms with Gasteiger partial charge in [0.15, 0.2) is 0 Å². The minimum absolute atomic E-state index is 0.0758. The molecule has 14 heavy (non-hydrogen) atoms. The minimum Gasteiger partial charge on any atom is -0.349 e. The zero-order valence-corrected chi connectivity index (χ0v) is 9.84. The zero-order chi connectivity index (χ0) is 10.6. The summed E-state index contributed by atoms with van der Waals surface area (Å²) in [6.07, 6.45) is 3.30. The Kier molecular flexibility index (Phi) is 4.07. The molecule has 0 aromatic carbocycles. The van der Waals surface area contributed by atoms with Crippen LogP contribution in [0, 0.1) is 6.92 Å². The number of carbonyl (C=O) groups is 1. The Balaban J connectivity index is 2.70. The molecule has 1 unspecified atom stereocenters. The van der Waals surface area contributed by atoms with Crippen molar-refractivity contribution >= 4 is 21.8 Å². The van der Waals surface area contributed by atoms with Crippen molar-refractivity contribution in [3.8, 4) is 0 Å². The van der Waals surface area contributed by atoms with Crippen LogP contribution in [-0.2, 0) is 0 Å². The zero-order valence-electron chi connectivity index (χ0n) is 8.25. The monoisotopic (exact) mass is 256 g/mol. The molecule has 1 rings (SSSR count). The lowest BCUT2D eigenvalue weighted by Gasteiger charge is -2.10. The molecule has 1 aromatic heterocycles. The van der Waals surface area contributed by atoms with E-state index in [9.17, 15) is 4.79 Å². The molecule has 76 valence electrons. The standard InChI is InChI=1S/C10H13BrN2O/c1-7-3-9(6-12-5-7)10(14)13-8(2)4-11/h3,5-6,8H,4H2,1-2H3,(H,13,14). The van der Waals surface area contributed by atoms with Crippen LogP contribution in [0.1, 0.15) is 22.8 Å². The van der Waals surface area contributed by atoms with Gasteiger partial charge in [-0.25, -0.2) is 0 Å². The summed E-state index contributed by atoms with van der Waals surface area (Å²) < 4.78 is 0. The summed E-state index contributed by atoms with van der Waals surface area (Å²) in [5.41, 5.74) is 1.60. The predicted octanol–water partition coefficient (Wildman–Crippen LogP) is 1.90. The van der Waals surface area contributed by atoms with Crippen molar-refractivity contribution in [3.63, 3.8) is 0 Å². The molecule has 1 heterocycles. The Morgan fingerprint density at radius 3 is 2.93 bits per heavy atom. The number of nitrogens with zero attached hydrogens (tertiary/aromatic N) is 1. The quantitative estimate of drug-likeness (QED) is 0.840. The molecule has 3 nitrogen and oxygen atoms in total. The van der Waals surface area contributed by atoms with Crippen molar-refractivity contribution in [2.24, 2.45) is 0 Å². The van der Waals surface area contributed by atoms with Crippen molar-refractivity contribution in [3.05, 3.63) is 29.6 Å². The number of halogens is 1. The lowest BCUT2D eigenvalue weighted by molar-refractivity contribution is 0.0943. The molecule has 0 spiro atoms. The van der Waals surface area contributed by atoms with Crippen LogP contribution in [0.5, 0.6) is 0 Å². The first-order valence-electron chi connectivity index (χ1n) is 4.42. The highest BCUT2D eigenvalue weighted by Crippen LogP contribution is 2.01. The average molecular weight is 257 g/mol. The second kappa shape index (κ2) is 5.10. The Morgan fingerprint density at radius 2 is 2.36 bits per heavy atom. The lowest BCUT2D eigenvalue weighted by Crippen LogP contribution is -2.33. The summed E-state index contributed by atoms with van der Waals surface area (Å²) >= 11 is 3.30. The maximum Gasteiger partial charge on any atom is 0.253 e. The summed E-state index contributed by atoms with van der Waals surface area (Å²) in [5, 5.41) is 3.60. The van der Waals surface area contributed by atoms with Crippen LogP contribution in [0.3, 0.4) is 0 Å². The summed E-state index contributed by atoms with van der Waals surface area (Å²) in [5.74, 6) is -0.0758. The first kappa shape index (κ1) is 11.2. The van der Waals surface area contributed by atoms with E-state index in [1.54, 1.807) is 12.4 Å². The summed E-state index contributed by atoms with van der Waals surface area (Å²) in [6, 6.07) is 1.95. The highest BCUT2D eigenvalue weighted by molar-refractivity contribution is 9.09. The lowest BCUT2D eigenvalue weighted by atomic mass is 10.2. The van der Waals surface area contributed by atoms with Gasteiger partial charge < -0.3 is 5.32 Å². The maximum absolute atomic E-state index is 11.6. The van der Waals surface area contributed by atoms with E-state index in [2.05, 4.69) is 26.2 Å². The SMILES string of the molecule is Cc1cncc(C(=O)NC(C)CBr)c1. The van der Waals surface area contributed by atoms with Crippen LogP contribution in [0.4, 0.5) is 0 Å². The normalized spacial score (nSPS) is 12.2. The van der Waals surface area contributed by atoms with Crippen LogP contribution >= 0.6 is 15.9 Å². The summed E-state index contributed by atoms with van der Waals surface area (Å²) in [7, 11) is 0. The first-order chi connectivity index (χ1) is 6.63. The van der Waals surface area contributed by atoms with Crippen molar-refractivity contribution in [2.75, 3.05) is 5.33 Å². The fourth-order valence-corrected chi connectivity index (χ4v) is 1.19. The molecule has 0 fully saturated rings. The number of amides is 1. The number of aryl methyl sites for hydroxylation is 1. The van der Waals surface area contributed by atoms with Crippen molar-refractivity contribution < 1.29 is 4.79 Å². The van der Waals surface area contributed by atoms with Crippen molar-refractivity contribution in [1.29, 1.82) is 0 Å². The van der Waals surface area contributed by atoms with Gasteiger partial charge in [-0.3, -0.25) is 9.78 Å². The van der Waals surface area contributed by atoms with Gasteiger partial charge in [-0.1, -0.05) is 15.9 Å². The van der Waals surface area contributed by atoms with Gasteiger partial charge in [-0.2, -0.15) is 0 Å². The topological polar surface area (TPSA) is 42.0 Å². The second-order valence-electron chi connectivity index (χ2n) is 3.28. The van der Waals surface area contributed by atoms with Gasteiger partial charge in [0.25, 0.3) is 5.91 Å². The van der Waals surface area contributed by atoms with Crippen molar-refractivity contribution in [1.82, 2.24) is 10.3 Å². The van der Waals surface area contributed by atoms with Gasteiger partial charge >= 0.3 is 0 Å². The highest BCUT2D eigenvalue weighted by atomic mass is 79.9. The molecular formula is C10H13BrN2O. The number of rotatable bonds is 3. The molecule has 0 aliphatic carbocycles. The number of carbonyl (C=O) groups excluding carboxylic acids is 1. The number of aromatic nitrogens is 1. The summed E-state index contributed by atoms with van der Waals surface area (Å²) in [4.78, 5) is 15.6. The Bertz CT molecular complexity index is 328. The van der Waals surface area contributed by atoms with Crippen LogP contribution in [0.2, 0.25) is 0 Å². The van der Waals surface area contributed by atoms with E-state index in [1.165, 1.54) is 0 Å². The third-order valence-corrected chi connectivity index (χ3v) is 2.72. The van der Waals surface area contributed by atoms with Crippen LogP contribution in [0.15, 0.2) is 18.5 Å². The van der Waals surface area contributed by atoms with E-state index >= 15 is 0 Å². The van der Waals surface area contributed by atoms with Gasteiger partial charge in [-0.05, 0) is 25.5 Å². The molecule has 1 N–H and O–H groups in total. The molecule has 0 aliphatic rings. The smallest absolute Gasteiger partial charge is 0.253 e. The van der Waals surface area contributed by atoms with Crippen LogP contribution in [-0.4, -0.2) is 22.3 Å². The second-order valence-corrected chi connectivity index (χ2v) is 3.93. The Hall–Kier alpha value is -0.900. The van der Waals surface area contributed by atoms with E-state index in [1.807, 2.05) is 19.9 Å². The van der Waals surface area contributed by atoms with E-state index in [0.29, 0.717) is 5.56 Å².